The topological polar surface area (TPSA) is 51.2 Å². The minimum atomic E-state index is -0.408. The summed E-state index contributed by atoms with van der Waals surface area (Å²) in [6.45, 7) is 2.00. The van der Waals surface area contributed by atoms with Crippen LogP contribution in [0, 0.1) is 12.7 Å². The molecule has 4 nitrogen and oxygen atoms in total. The van der Waals surface area contributed by atoms with Crippen molar-refractivity contribution >= 4 is 16.8 Å². The predicted molar refractivity (Wildman–Crippen MR) is 108 cm³/mol. The summed E-state index contributed by atoms with van der Waals surface area (Å²) in [5, 5.41) is 4.04. The van der Waals surface area contributed by atoms with Crippen LogP contribution in [0.4, 0.5) is 4.39 Å². The maximum atomic E-state index is 14.6. The predicted octanol–water partition coefficient (Wildman–Crippen LogP) is 4.57. The summed E-state index contributed by atoms with van der Waals surface area (Å²) in [6, 6.07) is 13.4. The largest absolute Gasteiger partial charge is 0.494 e. The van der Waals surface area contributed by atoms with E-state index in [1.165, 1.54) is 7.11 Å². The van der Waals surface area contributed by atoms with Gasteiger partial charge in [-0.15, -0.1) is 0 Å². The highest BCUT2D eigenvalue weighted by Crippen LogP contribution is 2.31. The third-order valence-corrected chi connectivity index (χ3v) is 5.12. The number of methoxy groups -OCH3 is 1. The average Bonchev–Trinajstić information content (AvgIpc) is 3.50. The van der Waals surface area contributed by atoms with Gasteiger partial charge in [0.1, 0.15) is 0 Å². The van der Waals surface area contributed by atoms with Gasteiger partial charge in [0.05, 0.1) is 18.3 Å². The van der Waals surface area contributed by atoms with Crippen LogP contribution in [-0.2, 0) is 11.2 Å². The highest BCUT2D eigenvalue weighted by molar-refractivity contribution is 5.86. The Bertz CT molecular complexity index is 1040. The fraction of sp³-hybridized carbons (Fsp3) is 0.304. The first kappa shape index (κ1) is 18.4. The van der Waals surface area contributed by atoms with Crippen molar-refractivity contribution in [2.75, 3.05) is 7.11 Å². The molecule has 1 N–H and O–H groups in total. The van der Waals surface area contributed by atoms with Crippen molar-refractivity contribution in [2.24, 2.45) is 0 Å². The first-order valence-corrected chi connectivity index (χ1v) is 9.57. The number of amides is 1. The molecule has 0 spiro atoms. The second kappa shape index (κ2) is 7.58. The summed E-state index contributed by atoms with van der Waals surface area (Å²) in [4.78, 5) is 16.6. The van der Waals surface area contributed by atoms with Gasteiger partial charge in [0, 0.05) is 23.4 Å². The molecule has 2 aromatic carbocycles. The van der Waals surface area contributed by atoms with Crippen molar-refractivity contribution in [3.8, 4) is 17.0 Å². The standard InChI is InChI=1S/C23H23FN2O2/c1-14-12-20(17-4-3-5-21(28-2)23(17)24)26-19-10-6-15(13-18(14)19)7-11-22(27)25-16-8-9-16/h3-6,10,12-13,16H,7-9,11H2,1-2H3,(H,25,27). The van der Waals surface area contributed by atoms with Crippen LogP contribution in [-0.4, -0.2) is 24.0 Å². The number of halogens is 1. The van der Waals surface area contributed by atoms with Crippen molar-refractivity contribution in [1.82, 2.24) is 10.3 Å². The number of ether oxygens (including phenoxy) is 1. The SMILES string of the molecule is COc1cccc(-c2cc(C)c3cc(CCC(=O)NC4CC4)ccc3n2)c1F. The molecular weight excluding hydrogens is 355 g/mol. The lowest BCUT2D eigenvalue weighted by Gasteiger charge is -2.11. The monoisotopic (exact) mass is 378 g/mol. The Morgan fingerprint density at radius 2 is 2.07 bits per heavy atom. The number of benzene rings is 2. The van der Waals surface area contributed by atoms with E-state index in [0.717, 1.165) is 34.9 Å². The van der Waals surface area contributed by atoms with Gasteiger partial charge >= 0.3 is 0 Å². The molecule has 3 aromatic rings. The van der Waals surface area contributed by atoms with E-state index < -0.39 is 5.82 Å². The third kappa shape index (κ3) is 3.84. The first-order chi connectivity index (χ1) is 13.5. The van der Waals surface area contributed by atoms with E-state index in [0.29, 0.717) is 30.1 Å². The number of carbonyl (C=O) groups is 1. The fourth-order valence-corrected chi connectivity index (χ4v) is 3.39. The first-order valence-electron chi connectivity index (χ1n) is 9.57. The summed E-state index contributed by atoms with van der Waals surface area (Å²) < 4.78 is 19.7. The molecule has 0 unspecified atom stereocenters. The van der Waals surface area contributed by atoms with Crippen LogP contribution in [0.3, 0.4) is 0 Å². The summed E-state index contributed by atoms with van der Waals surface area (Å²) in [5.41, 5.74) is 3.93. The molecule has 1 fully saturated rings. The Labute approximate surface area is 163 Å². The maximum Gasteiger partial charge on any atom is 0.220 e. The minimum absolute atomic E-state index is 0.112. The highest BCUT2D eigenvalue weighted by atomic mass is 19.1. The van der Waals surface area contributed by atoms with Crippen LogP contribution in [0.5, 0.6) is 5.75 Å². The molecule has 1 amide bonds. The Kier molecular flexibility index (Phi) is 4.99. The maximum absolute atomic E-state index is 14.6. The molecule has 28 heavy (non-hydrogen) atoms. The lowest BCUT2D eigenvalue weighted by molar-refractivity contribution is -0.121. The minimum Gasteiger partial charge on any atom is -0.494 e. The highest BCUT2D eigenvalue weighted by Gasteiger charge is 2.22. The average molecular weight is 378 g/mol. The molecule has 1 saturated carbocycles. The number of nitrogens with zero attached hydrogens (tertiary/aromatic N) is 1. The zero-order valence-electron chi connectivity index (χ0n) is 16.1. The molecule has 5 heteroatoms. The Morgan fingerprint density at radius 1 is 1.25 bits per heavy atom. The number of nitrogens with one attached hydrogen (secondary N) is 1. The lowest BCUT2D eigenvalue weighted by Crippen LogP contribution is -2.25. The van der Waals surface area contributed by atoms with Crippen molar-refractivity contribution in [1.29, 1.82) is 0 Å². The fourth-order valence-electron chi connectivity index (χ4n) is 3.39. The molecule has 1 aromatic heterocycles. The molecule has 1 aliphatic carbocycles. The van der Waals surface area contributed by atoms with Crippen molar-refractivity contribution in [3.05, 3.63) is 59.4 Å². The number of hydrogen-bond donors (Lipinski definition) is 1. The van der Waals surface area contributed by atoms with Crippen LogP contribution >= 0.6 is 0 Å². The summed E-state index contributed by atoms with van der Waals surface area (Å²) in [6.07, 6.45) is 3.38. The van der Waals surface area contributed by atoms with Crippen LogP contribution in [0.1, 0.15) is 30.4 Å². The molecule has 4 rings (SSSR count). The Balaban J connectivity index is 1.60. The van der Waals surface area contributed by atoms with Gasteiger partial charge in [0.2, 0.25) is 5.91 Å². The molecule has 1 aliphatic rings. The summed E-state index contributed by atoms with van der Waals surface area (Å²) in [7, 11) is 1.45. The van der Waals surface area contributed by atoms with Crippen LogP contribution in [0.25, 0.3) is 22.2 Å². The Hall–Kier alpha value is -2.95. The quantitative estimate of drug-likeness (QED) is 0.684. The van der Waals surface area contributed by atoms with E-state index in [9.17, 15) is 9.18 Å². The Morgan fingerprint density at radius 3 is 2.82 bits per heavy atom. The number of carbonyl (C=O) groups excluding carboxylic acids is 1. The summed E-state index contributed by atoms with van der Waals surface area (Å²) in [5.74, 6) is -0.0901. The van der Waals surface area contributed by atoms with Gasteiger partial charge in [-0.3, -0.25) is 4.79 Å². The molecule has 144 valence electrons. The normalized spacial score (nSPS) is 13.5. The number of hydrogen-bond acceptors (Lipinski definition) is 3. The van der Waals surface area contributed by atoms with Crippen molar-refractivity contribution < 1.29 is 13.9 Å². The van der Waals surface area contributed by atoms with Gasteiger partial charge in [-0.2, -0.15) is 0 Å². The van der Waals surface area contributed by atoms with Crippen molar-refractivity contribution in [2.45, 2.75) is 38.6 Å². The number of aryl methyl sites for hydroxylation is 2. The lowest BCUT2D eigenvalue weighted by atomic mass is 10.0. The van der Waals surface area contributed by atoms with Gasteiger partial charge in [-0.05, 0) is 67.6 Å². The van der Waals surface area contributed by atoms with Crippen LogP contribution in [0.2, 0.25) is 0 Å². The van der Waals surface area contributed by atoms with E-state index in [-0.39, 0.29) is 11.7 Å². The molecule has 0 bridgehead atoms. The van der Waals surface area contributed by atoms with Crippen LogP contribution < -0.4 is 10.1 Å². The smallest absolute Gasteiger partial charge is 0.220 e. The van der Waals surface area contributed by atoms with Gasteiger partial charge in [0.25, 0.3) is 0 Å². The van der Waals surface area contributed by atoms with E-state index in [2.05, 4.69) is 16.4 Å². The molecule has 0 radical (unpaired) electrons. The number of pyridine rings is 1. The molecule has 0 aliphatic heterocycles. The third-order valence-electron chi connectivity index (χ3n) is 5.12. The van der Waals surface area contributed by atoms with E-state index in [1.807, 2.05) is 25.1 Å². The van der Waals surface area contributed by atoms with Gasteiger partial charge in [-0.1, -0.05) is 12.1 Å². The van der Waals surface area contributed by atoms with Crippen LogP contribution in [0.15, 0.2) is 42.5 Å². The second-order valence-corrected chi connectivity index (χ2v) is 7.34. The number of aromatic nitrogens is 1. The zero-order chi connectivity index (χ0) is 19.7. The number of rotatable bonds is 6. The molecule has 0 saturated heterocycles. The summed E-state index contributed by atoms with van der Waals surface area (Å²) >= 11 is 0. The van der Waals surface area contributed by atoms with Crippen molar-refractivity contribution in [3.63, 3.8) is 0 Å². The second-order valence-electron chi connectivity index (χ2n) is 7.34. The molecule has 0 atom stereocenters. The number of fused-ring (bicyclic) bond motifs is 1. The molecule has 1 heterocycles. The van der Waals surface area contributed by atoms with Gasteiger partial charge in [-0.25, -0.2) is 9.37 Å². The van der Waals surface area contributed by atoms with Gasteiger partial charge in [0.15, 0.2) is 11.6 Å². The zero-order valence-corrected chi connectivity index (χ0v) is 16.1. The van der Waals surface area contributed by atoms with E-state index in [1.54, 1.807) is 18.2 Å². The van der Waals surface area contributed by atoms with E-state index in [4.69, 9.17) is 4.74 Å². The van der Waals surface area contributed by atoms with E-state index >= 15 is 0 Å². The van der Waals surface area contributed by atoms with Gasteiger partial charge < -0.3 is 10.1 Å². The molecular formula is C23H23FN2O2.